The summed E-state index contributed by atoms with van der Waals surface area (Å²) in [5, 5.41) is 12.9. The molecule has 0 spiro atoms. The minimum atomic E-state index is -0.607. The van der Waals surface area contributed by atoms with Crippen molar-refractivity contribution in [3.05, 3.63) is 45.6 Å². The van der Waals surface area contributed by atoms with Crippen LogP contribution in [0.15, 0.2) is 29.6 Å². The molecule has 1 aliphatic rings. The second kappa shape index (κ2) is 6.91. The highest BCUT2D eigenvalue weighted by atomic mass is 32.1. The zero-order valence-corrected chi connectivity index (χ0v) is 14.6. The lowest BCUT2D eigenvalue weighted by atomic mass is 10.0. The highest BCUT2D eigenvalue weighted by Gasteiger charge is 2.27. The molecule has 2 unspecified atom stereocenters. The first-order valence-electron chi connectivity index (χ1n) is 7.84. The fourth-order valence-electron chi connectivity index (χ4n) is 3.21. The fourth-order valence-corrected chi connectivity index (χ4v) is 4.26. The van der Waals surface area contributed by atoms with Gasteiger partial charge in [-0.3, -0.25) is 4.90 Å². The zero-order chi connectivity index (χ0) is 16.4. The standard InChI is InChI=1S/C18H23NO3S/c1-12-18-13(7-9-23-18)6-8-19(12)11-16(20)15-10-14(21-2)4-5-17(15)22-3/h4-5,7,9-10,12,16,20H,6,8,11H2,1-3H3. The van der Waals surface area contributed by atoms with E-state index in [-0.39, 0.29) is 0 Å². The van der Waals surface area contributed by atoms with Gasteiger partial charge < -0.3 is 14.6 Å². The molecular formula is C18H23NO3S. The lowest BCUT2D eigenvalue weighted by Crippen LogP contribution is -2.36. The van der Waals surface area contributed by atoms with Gasteiger partial charge in [-0.2, -0.15) is 0 Å². The maximum atomic E-state index is 10.7. The van der Waals surface area contributed by atoms with Crippen LogP contribution in [-0.2, 0) is 6.42 Å². The number of fused-ring (bicyclic) bond motifs is 1. The summed E-state index contributed by atoms with van der Waals surface area (Å²) in [7, 11) is 3.25. The average molecular weight is 333 g/mol. The van der Waals surface area contributed by atoms with Crippen molar-refractivity contribution in [3.8, 4) is 11.5 Å². The quantitative estimate of drug-likeness (QED) is 0.910. The van der Waals surface area contributed by atoms with Crippen LogP contribution in [0, 0.1) is 0 Å². The fraction of sp³-hybridized carbons (Fsp3) is 0.444. The van der Waals surface area contributed by atoms with Crippen molar-refractivity contribution >= 4 is 11.3 Å². The Hall–Kier alpha value is -1.56. The van der Waals surface area contributed by atoms with Gasteiger partial charge in [0.1, 0.15) is 11.5 Å². The maximum Gasteiger partial charge on any atom is 0.124 e. The van der Waals surface area contributed by atoms with E-state index >= 15 is 0 Å². The maximum absolute atomic E-state index is 10.7. The first-order chi connectivity index (χ1) is 11.1. The van der Waals surface area contributed by atoms with E-state index in [1.807, 2.05) is 18.2 Å². The smallest absolute Gasteiger partial charge is 0.124 e. The molecule has 1 aromatic heterocycles. The number of hydrogen-bond acceptors (Lipinski definition) is 5. The molecule has 1 aromatic carbocycles. The normalized spacial score (nSPS) is 19.2. The number of β-amino-alcohol motifs (C(OH)–C–C–N with tert-alkyl or cyclic N) is 1. The molecule has 0 fully saturated rings. The van der Waals surface area contributed by atoms with Gasteiger partial charge in [-0.25, -0.2) is 0 Å². The van der Waals surface area contributed by atoms with Crippen molar-refractivity contribution < 1.29 is 14.6 Å². The molecule has 1 N–H and O–H groups in total. The number of thiophene rings is 1. The van der Waals surface area contributed by atoms with Crippen molar-refractivity contribution in [1.82, 2.24) is 4.90 Å². The Labute approximate surface area is 141 Å². The van der Waals surface area contributed by atoms with Crippen LogP contribution in [0.25, 0.3) is 0 Å². The zero-order valence-electron chi connectivity index (χ0n) is 13.8. The molecule has 0 bridgehead atoms. The van der Waals surface area contributed by atoms with E-state index in [1.54, 1.807) is 25.6 Å². The summed E-state index contributed by atoms with van der Waals surface area (Å²) in [4.78, 5) is 3.75. The van der Waals surface area contributed by atoms with Gasteiger partial charge in [-0.05, 0) is 48.6 Å². The van der Waals surface area contributed by atoms with Gasteiger partial charge in [0.15, 0.2) is 0 Å². The molecule has 0 saturated carbocycles. The van der Waals surface area contributed by atoms with Crippen molar-refractivity contribution in [1.29, 1.82) is 0 Å². The highest BCUT2D eigenvalue weighted by Crippen LogP contribution is 2.36. The summed E-state index contributed by atoms with van der Waals surface area (Å²) >= 11 is 1.81. The van der Waals surface area contributed by atoms with Crippen LogP contribution < -0.4 is 9.47 Å². The predicted octanol–water partition coefficient (Wildman–Crippen LogP) is 3.42. The number of aliphatic hydroxyl groups is 1. The number of rotatable bonds is 5. The van der Waals surface area contributed by atoms with E-state index in [9.17, 15) is 5.11 Å². The topological polar surface area (TPSA) is 41.9 Å². The summed E-state index contributed by atoms with van der Waals surface area (Å²) < 4.78 is 10.7. The Morgan fingerprint density at radius 1 is 1.30 bits per heavy atom. The third kappa shape index (κ3) is 3.22. The van der Waals surface area contributed by atoms with Gasteiger partial charge in [-0.1, -0.05) is 0 Å². The van der Waals surface area contributed by atoms with Crippen LogP contribution in [-0.4, -0.2) is 37.3 Å². The summed E-state index contributed by atoms with van der Waals surface area (Å²) in [6.07, 6.45) is 0.439. The number of nitrogens with zero attached hydrogens (tertiary/aromatic N) is 1. The summed E-state index contributed by atoms with van der Waals surface area (Å²) in [6, 6.07) is 8.10. The number of aliphatic hydroxyl groups excluding tert-OH is 1. The van der Waals surface area contributed by atoms with Gasteiger partial charge in [0.05, 0.1) is 20.3 Å². The predicted molar refractivity (Wildman–Crippen MR) is 92.5 cm³/mol. The van der Waals surface area contributed by atoms with Gasteiger partial charge in [0.2, 0.25) is 0 Å². The third-order valence-electron chi connectivity index (χ3n) is 4.58. The molecule has 1 aliphatic heterocycles. The number of benzene rings is 1. The molecule has 124 valence electrons. The summed E-state index contributed by atoms with van der Waals surface area (Å²) in [5.74, 6) is 1.42. The van der Waals surface area contributed by atoms with E-state index in [1.165, 1.54) is 10.4 Å². The van der Waals surface area contributed by atoms with Crippen LogP contribution in [0.5, 0.6) is 11.5 Å². The summed E-state index contributed by atoms with van der Waals surface area (Å²) in [5.41, 5.74) is 2.23. The SMILES string of the molecule is COc1ccc(OC)c(C(O)CN2CCc3ccsc3C2C)c1. The molecular weight excluding hydrogens is 310 g/mol. The number of hydrogen-bond donors (Lipinski definition) is 1. The molecule has 5 heteroatoms. The van der Waals surface area contributed by atoms with Crippen LogP contribution in [0.2, 0.25) is 0 Å². The second-order valence-corrected chi connectivity index (χ2v) is 6.80. The molecule has 2 heterocycles. The van der Waals surface area contributed by atoms with Gasteiger partial charge in [0.25, 0.3) is 0 Å². The molecule has 2 atom stereocenters. The highest BCUT2D eigenvalue weighted by molar-refractivity contribution is 7.10. The average Bonchev–Trinajstić information content (AvgIpc) is 3.06. The molecule has 0 amide bonds. The van der Waals surface area contributed by atoms with Crippen molar-refractivity contribution in [2.45, 2.75) is 25.5 Å². The monoisotopic (exact) mass is 333 g/mol. The number of methoxy groups -OCH3 is 2. The molecule has 0 aliphatic carbocycles. The van der Waals surface area contributed by atoms with E-state index in [4.69, 9.17) is 9.47 Å². The molecule has 3 rings (SSSR count). The Morgan fingerprint density at radius 3 is 2.87 bits per heavy atom. The Bertz CT molecular complexity index is 670. The Morgan fingerprint density at radius 2 is 2.13 bits per heavy atom. The third-order valence-corrected chi connectivity index (χ3v) is 5.71. The van der Waals surface area contributed by atoms with Crippen LogP contribution >= 0.6 is 11.3 Å². The molecule has 0 radical (unpaired) electrons. The van der Waals surface area contributed by atoms with E-state index in [2.05, 4.69) is 23.3 Å². The molecule has 0 saturated heterocycles. The first kappa shape index (κ1) is 16.3. The Kier molecular flexibility index (Phi) is 4.90. The van der Waals surface area contributed by atoms with Gasteiger partial charge >= 0.3 is 0 Å². The van der Waals surface area contributed by atoms with E-state index < -0.39 is 6.10 Å². The van der Waals surface area contributed by atoms with Crippen molar-refractivity contribution in [3.63, 3.8) is 0 Å². The first-order valence-corrected chi connectivity index (χ1v) is 8.72. The Balaban J connectivity index is 1.78. The minimum absolute atomic E-state index is 0.338. The number of ether oxygens (including phenoxy) is 2. The van der Waals surface area contributed by atoms with Crippen LogP contribution in [0.3, 0.4) is 0 Å². The van der Waals surface area contributed by atoms with Crippen LogP contribution in [0.1, 0.15) is 35.1 Å². The van der Waals surface area contributed by atoms with E-state index in [0.717, 1.165) is 24.3 Å². The van der Waals surface area contributed by atoms with E-state index in [0.29, 0.717) is 18.3 Å². The lowest BCUT2D eigenvalue weighted by molar-refractivity contribution is 0.0859. The minimum Gasteiger partial charge on any atom is -0.497 e. The largest absolute Gasteiger partial charge is 0.497 e. The second-order valence-electron chi connectivity index (χ2n) is 5.85. The van der Waals surface area contributed by atoms with Crippen LogP contribution in [0.4, 0.5) is 0 Å². The van der Waals surface area contributed by atoms with Gasteiger partial charge in [0, 0.05) is 29.6 Å². The molecule has 23 heavy (non-hydrogen) atoms. The van der Waals surface area contributed by atoms with Gasteiger partial charge in [-0.15, -0.1) is 11.3 Å². The van der Waals surface area contributed by atoms with Crippen molar-refractivity contribution in [2.24, 2.45) is 0 Å². The molecule has 2 aromatic rings. The van der Waals surface area contributed by atoms with Crippen molar-refractivity contribution in [2.75, 3.05) is 27.3 Å². The summed E-state index contributed by atoms with van der Waals surface area (Å²) in [6.45, 7) is 3.76. The molecule has 4 nitrogen and oxygen atoms in total. The lowest BCUT2D eigenvalue weighted by Gasteiger charge is -2.35.